The third-order valence-corrected chi connectivity index (χ3v) is 0.725. The second-order valence-corrected chi connectivity index (χ2v) is 2.19. The van der Waals surface area contributed by atoms with Gasteiger partial charge in [0.15, 0.2) is 0 Å². The van der Waals surface area contributed by atoms with Gasteiger partial charge in [-0.3, -0.25) is 0 Å². The van der Waals surface area contributed by atoms with Crippen LogP contribution in [0.1, 0.15) is 0 Å². The van der Waals surface area contributed by atoms with Crippen LogP contribution in [0.5, 0.6) is 0 Å². The average molecular weight is 138 g/mol. The van der Waals surface area contributed by atoms with Gasteiger partial charge in [-0.25, -0.2) is 0 Å². The zero-order valence-electron chi connectivity index (χ0n) is 2.99. The van der Waals surface area contributed by atoms with E-state index in [9.17, 15) is 0 Å². The van der Waals surface area contributed by atoms with Crippen LogP contribution in [0.2, 0.25) is 0 Å². The van der Waals surface area contributed by atoms with Gasteiger partial charge < -0.3 is 0 Å². The molecule has 3 radical (unpaired) electrons. The van der Waals surface area contributed by atoms with Crippen molar-refractivity contribution in [1.29, 1.82) is 0 Å². The Kier molecular flexibility index (Phi) is 4.05. The molecule has 0 aromatic carbocycles. The van der Waals surface area contributed by atoms with Gasteiger partial charge in [0.25, 0.3) is 0 Å². The van der Waals surface area contributed by atoms with E-state index in [1.54, 1.807) is 11.8 Å². The number of alkyl halides is 2. The minimum absolute atomic E-state index is 0.387. The van der Waals surface area contributed by atoms with Gasteiger partial charge in [-0.1, -0.05) is 6.08 Å². The van der Waals surface area contributed by atoms with E-state index in [1.165, 1.54) is 0 Å². The van der Waals surface area contributed by atoms with E-state index in [2.05, 4.69) is 10.2 Å². The summed E-state index contributed by atoms with van der Waals surface area (Å²) in [6.45, 7) is 0. The van der Waals surface area contributed by atoms with Gasteiger partial charge >= 0.3 is 0 Å². The van der Waals surface area contributed by atoms with Crippen LogP contribution in [0.15, 0.2) is 11.8 Å². The van der Waals surface area contributed by atoms with E-state index >= 15 is 0 Å². The summed E-state index contributed by atoms with van der Waals surface area (Å²) in [5.74, 6) is 0. The molecule has 0 aliphatic rings. The van der Waals surface area contributed by atoms with Crippen molar-refractivity contribution in [2.75, 3.05) is 0 Å². The molecule has 0 N–H and O–H groups in total. The van der Waals surface area contributed by atoms with Crippen molar-refractivity contribution in [3.63, 3.8) is 0 Å². The molecular formula is C3H3Cl2Si. The first-order valence-corrected chi connectivity index (χ1v) is 2.84. The maximum atomic E-state index is 5.23. The predicted molar refractivity (Wildman–Crippen MR) is 30.4 cm³/mol. The van der Waals surface area contributed by atoms with Crippen LogP contribution in [-0.4, -0.2) is 15.1 Å². The Morgan fingerprint density at radius 3 is 2.00 bits per heavy atom. The average Bonchev–Trinajstić information content (AvgIpc) is 1.35. The van der Waals surface area contributed by atoms with Crippen molar-refractivity contribution in [3.05, 3.63) is 11.8 Å². The molecule has 0 fully saturated rings. The molecule has 0 spiro atoms. The molecule has 0 amide bonds. The molecule has 0 saturated carbocycles. The third-order valence-electron chi connectivity index (χ3n) is 0.242. The van der Waals surface area contributed by atoms with Gasteiger partial charge in [0.1, 0.15) is 4.84 Å². The summed E-state index contributed by atoms with van der Waals surface area (Å²) in [5, 5.41) is 0. The third kappa shape index (κ3) is 4.54. The van der Waals surface area contributed by atoms with Crippen molar-refractivity contribution in [2.24, 2.45) is 0 Å². The quantitative estimate of drug-likeness (QED) is 0.380. The second kappa shape index (κ2) is 3.72. The van der Waals surface area contributed by atoms with E-state index in [0.717, 1.165) is 0 Å². The van der Waals surface area contributed by atoms with Crippen molar-refractivity contribution in [2.45, 2.75) is 4.84 Å². The number of halogens is 2. The van der Waals surface area contributed by atoms with E-state index in [1.807, 2.05) is 0 Å². The van der Waals surface area contributed by atoms with Gasteiger partial charge in [-0.05, 0) is 0 Å². The van der Waals surface area contributed by atoms with Gasteiger partial charge in [-0.15, -0.1) is 28.9 Å². The molecule has 0 nitrogen and oxygen atoms in total. The van der Waals surface area contributed by atoms with Crippen LogP contribution in [-0.2, 0) is 0 Å². The summed E-state index contributed by atoms with van der Waals surface area (Å²) >= 11 is 10.5. The zero-order valence-corrected chi connectivity index (χ0v) is 5.50. The normalized spacial score (nSPS) is 11.3. The Bertz CT molecular complexity index is 50.8. The lowest BCUT2D eigenvalue weighted by Crippen LogP contribution is -1.73. The molecule has 0 aliphatic carbocycles. The Labute approximate surface area is 50.6 Å². The van der Waals surface area contributed by atoms with Gasteiger partial charge in [-0.2, -0.15) is 0 Å². The van der Waals surface area contributed by atoms with Crippen molar-refractivity contribution >= 4 is 33.4 Å². The standard InChI is InChI=1S/C3H3Cl2Si/c4-3(5)1-2-6/h1-3H. The molecule has 0 unspecified atom stereocenters. The van der Waals surface area contributed by atoms with Crippen LogP contribution in [0.25, 0.3) is 0 Å². The first-order valence-electron chi connectivity index (χ1n) is 1.39. The molecular weight excluding hydrogens is 135 g/mol. The SMILES string of the molecule is [Si]C=CC(Cl)Cl. The highest BCUT2D eigenvalue weighted by atomic mass is 35.5. The Morgan fingerprint density at radius 2 is 2.00 bits per heavy atom. The Morgan fingerprint density at radius 1 is 1.50 bits per heavy atom. The minimum atomic E-state index is -0.387. The highest BCUT2D eigenvalue weighted by molar-refractivity contribution is 6.45. The molecule has 0 aromatic rings. The van der Waals surface area contributed by atoms with Crippen LogP contribution < -0.4 is 0 Å². The van der Waals surface area contributed by atoms with Crippen LogP contribution in [0.3, 0.4) is 0 Å². The second-order valence-electron chi connectivity index (χ2n) is 0.694. The zero-order chi connectivity index (χ0) is 4.99. The fourth-order valence-electron chi connectivity index (χ4n) is 0.0727. The lowest BCUT2D eigenvalue weighted by atomic mass is 10.7. The molecule has 0 saturated heterocycles. The lowest BCUT2D eigenvalue weighted by molar-refractivity contribution is 1.63. The van der Waals surface area contributed by atoms with Crippen LogP contribution in [0.4, 0.5) is 0 Å². The molecule has 0 bridgehead atoms. The Hall–Kier alpha value is 0.537. The number of rotatable bonds is 1. The molecule has 0 heterocycles. The van der Waals surface area contributed by atoms with Crippen LogP contribution in [0, 0.1) is 0 Å². The maximum absolute atomic E-state index is 5.23. The van der Waals surface area contributed by atoms with Crippen molar-refractivity contribution in [3.8, 4) is 0 Å². The summed E-state index contributed by atoms with van der Waals surface area (Å²) in [6, 6.07) is 0. The van der Waals surface area contributed by atoms with Crippen molar-refractivity contribution < 1.29 is 0 Å². The summed E-state index contributed by atoms with van der Waals surface area (Å²) in [7, 11) is 3.04. The van der Waals surface area contributed by atoms with E-state index in [-0.39, 0.29) is 4.84 Å². The molecule has 0 atom stereocenters. The first kappa shape index (κ1) is 6.54. The summed E-state index contributed by atoms with van der Waals surface area (Å²) in [5.41, 5.74) is 1.62. The molecule has 0 rings (SSSR count). The van der Waals surface area contributed by atoms with Gasteiger partial charge in [0.2, 0.25) is 0 Å². The summed E-state index contributed by atoms with van der Waals surface area (Å²) in [4.78, 5) is -0.387. The number of hydrogen-bond donors (Lipinski definition) is 0. The van der Waals surface area contributed by atoms with E-state index < -0.39 is 0 Å². The maximum Gasteiger partial charge on any atom is 0.125 e. The lowest BCUT2D eigenvalue weighted by Gasteiger charge is -1.81. The molecule has 33 valence electrons. The van der Waals surface area contributed by atoms with Gasteiger partial charge in [0, 0.05) is 0 Å². The fraction of sp³-hybridized carbons (Fsp3) is 0.333. The fourth-order valence-corrected chi connectivity index (χ4v) is 0.655. The molecule has 6 heavy (non-hydrogen) atoms. The monoisotopic (exact) mass is 137 g/mol. The highest BCUT2D eigenvalue weighted by Gasteiger charge is 1.83. The summed E-state index contributed by atoms with van der Waals surface area (Å²) < 4.78 is 0. The predicted octanol–water partition coefficient (Wildman–Crippen LogP) is 1.47. The first-order chi connectivity index (χ1) is 2.77. The van der Waals surface area contributed by atoms with Gasteiger partial charge in [0.05, 0.1) is 10.2 Å². The van der Waals surface area contributed by atoms with E-state index in [4.69, 9.17) is 23.2 Å². The smallest absolute Gasteiger partial charge is 0.103 e. The molecule has 0 aromatic heterocycles. The van der Waals surface area contributed by atoms with E-state index in [0.29, 0.717) is 0 Å². The number of allylic oxidation sites excluding steroid dienone is 1. The largest absolute Gasteiger partial charge is 0.125 e. The van der Waals surface area contributed by atoms with Crippen LogP contribution >= 0.6 is 23.2 Å². The van der Waals surface area contributed by atoms with Crippen molar-refractivity contribution in [1.82, 2.24) is 0 Å². The molecule has 0 aliphatic heterocycles. The highest BCUT2D eigenvalue weighted by Crippen LogP contribution is 2.00. The topological polar surface area (TPSA) is 0 Å². The molecule has 3 heteroatoms. The number of hydrogen-bond acceptors (Lipinski definition) is 0. The Balaban J connectivity index is 3.03. The minimum Gasteiger partial charge on any atom is -0.103 e. The summed E-state index contributed by atoms with van der Waals surface area (Å²) in [6.07, 6.45) is 1.61.